The van der Waals surface area contributed by atoms with E-state index in [2.05, 4.69) is 37.8 Å². The van der Waals surface area contributed by atoms with Crippen LogP contribution in [0.25, 0.3) is 0 Å². The van der Waals surface area contributed by atoms with Gasteiger partial charge in [0.15, 0.2) is 0 Å². The second-order valence-corrected chi connectivity index (χ2v) is 7.71. The van der Waals surface area contributed by atoms with Gasteiger partial charge in [-0.1, -0.05) is 31.7 Å². The molecule has 0 spiro atoms. The van der Waals surface area contributed by atoms with Gasteiger partial charge < -0.3 is 16.2 Å². The second-order valence-electron chi connectivity index (χ2n) is 6.56. The maximum absolute atomic E-state index is 6.06. The van der Waals surface area contributed by atoms with Crippen molar-refractivity contribution in [1.82, 2.24) is 4.90 Å². The predicted octanol–water partition coefficient (Wildman–Crippen LogP) is 4.89. The lowest BCUT2D eigenvalue weighted by Crippen LogP contribution is -2.38. The summed E-state index contributed by atoms with van der Waals surface area (Å²) < 4.78 is 6.06. The Kier molecular flexibility index (Phi) is 8.13. The molecule has 0 heterocycles. The molecule has 0 saturated carbocycles. The summed E-state index contributed by atoms with van der Waals surface area (Å²) >= 11 is 1.66. The second kappa shape index (κ2) is 10.3. The van der Waals surface area contributed by atoms with Gasteiger partial charge in [-0.05, 0) is 69.3 Å². The van der Waals surface area contributed by atoms with Gasteiger partial charge in [0, 0.05) is 15.8 Å². The summed E-state index contributed by atoms with van der Waals surface area (Å²) in [5.41, 5.74) is 12.9. The van der Waals surface area contributed by atoms with Crippen LogP contribution in [0.15, 0.2) is 52.3 Å². The zero-order valence-corrected chi connectivity index (χ0v) is 16.9. The van der Waals surface area contributed by atoms with Crippen molar-refractivity contribution in [2.45, 2.75) is 49.4 Å². The molecule has 142 valence electrons. The highest BCUT2D eigenvalue weighted by Crippen LogP contribution is 2.32. The topological polar surface area (TPSA) is 64.5 Å². The van der Waals surface area contributed by atoms with Gasteiger partial charge in [0.2, 0.25) is 0 Å². The van der Waals surface area contributed by atoms with Crippen molar-refractivity contribution in [2.24, 2.45) is 0 Å². The number of benzene rings is 2. The number of rotatable bonds is 10. The molecule has 0 aliphatic heterocycles. The molecule has 4 N–H and O–H groups in total. The average molecular weight is 374 g/mol. The number of hydrogen-bond donors (Lipinski definition) is 2. The van der Waals surface area contributed by atoms with Crippen molar-refractivity contribution < 1.29 is 4.74 Å². The van der Waals surface area contributed by atoms with Gasteiger partial charge >= 0.3 is 0 Å². The number of nitrogens with two attached hydrogens (primary N) is 2. The number of nitrogens with zero attached hydrogens (tertiary/aromatic N) is 1. The highest BCUT2D eigenvalue weighted by Gasteiger charge is 2.13. The summed E-state index contributed by atoms with van der Waals surface area (Å²) in [6, 6.07) is 14.3. The number of nitrogen functional groups attached to an aromatic ring is 2. The summed E-state index contributed by atoms with van der Waals surface area (Å²) in [5, 5.41) is 0. The molecule has 0 saturated heterocycles. The van der Waals surface area contributed by atoms with Crippen LogP contribution in [0.3, 0.4) is 0 Å². The smallest absolute Gasteiger partial charge is 0.120 e. The summed E-state index contributed by atoms with van der Waals surface area (Å²) in [7, 11) is 0. The van der Waals surface area contributed by atoms with E-state index in [1.54, 1.807) is 11.8 Å². The molecule has 0 amide bonds. The number of hydrogen-bond acceptors (Lipinski definition) is 5. The van der Waals surface area contributed by atoms with E-state index in [0.717, 1.165) is 28.6 Å². The molecule has 4 nitrogen and oxygen atoms in total. The molecule has 0 aliphatic rings. The normalized spacial score (nSPS) is 12.3. The van der Waals surface area contributed by atoms with Crippen LogP contribution in [-0.2, 0) is 0 Å². The largest absolute Gasteiger partial charge is 0.492 e. The molecule has 5 heteroatoms. The molecule has 26 heavy (non-hydrogen) atoms. The van der Waals surface area contributed by atoms with Crippen molar-refractivity contribution in [3.63, 3.8) is 0 Å². The van der Waals surface area contributed by atoms with Crippen LogP contribution in [0.1, 0.15) is 33.6 Å². The van der Waals surface area contributed by atoms with E-state index in [0.29, 0.717) is 24.0 Å². The third-order valence-electron chi connectivity index (χ3n) is 4.24. The lowest BCUT2D eigenvalue weighted by Gasteiger charge is -2.28. The first-order chi connectivity index (χ1) is 12.5. The molecule has 1 atom stereocenters. The molecule has 2 rings (SSSR count). The molecule has 0 radical (unpaired) electrons. The monoisotopic (exact) mass is 373 g/mol. The SMILES string of the molecule is CCCN(CCC)C(C)COc1cccc(Sc2ccc(N)c(N)c2)c1. The van der Waals surface area contributed by atoms with Crippen molar-refractivity contribution in [3.8, 4) is 5.75 Å². The van der Waals surface area contributed by atoms with Crippen molar-refractivity contribution in [3.05, 3.63) is 42.5 Å². The van der Waals surface area contributed by atoms with E-state index in [4.69, 9.17) is 16.2 Å². The van der Waals surface area contributed by atoms with Crippen LogP contribution in [0.4, 0.5) is 11.4 Å². The minimum Gasteiger partial charge on any atom is -0.492 e. The van der Waals surface area contributed by atoms with Gasteiger partial charge in [-0.2, -0.15) is 0 Å². The molecular formula is C21H31N3OS. The molecule has 0 bridgehead atoms. The molecule has 1 unspecified atom stereocenters. The van der Waals surface area contributed by atoms with Gasteiger partial charge in [0.1, 0.15) is 12.4 Å². The Balaban J connectivity index is 1.96. The van der Waals surface area contributed by atoms with Crippen LogP contribution in [0.2, 0.25) is 0 Å². The maximum atomic E-state index is 6.06. The molecule has 0 fully saturated rings. The third-order valence-corrected chi connectivity index (χ3v) is 5.21. The van der Waals surface area contributed by atoms with Gasteiger partial charge in [-0.15, -0.1) is 0 Å². The maximum Gasteiger partial charge on any atom is 0.120 e. The van der Waals surface area contributed by atoms with Crippen LogP contribution in [-0.4, -0.2) is 30.6 Å². The fourth-order valence-electron chi connectivity index (χ4n) is 2.83. The Morgan fingerprint density at radius 2 is 1.65 bits per heavy atom. The van der Waals surface area contributed by atoms with E-state index in [-0.39, 0.29) is 0 Å². The van der Waals surface area contributed by atoms with Gasteiger partial charge in [0.05, 0.1) is 11.4 Å². The first-order valence-electron chi connectivity index (χ1n) is 9.33. The van der Waals surface area contributed by atoms with Crippen molar-refractivity contribution >= 4 is 23.1 Å². The Morgan fingerprint density at radius 3 is 2.31 bits per heavy atom. The number of ether oxygens (including phenoxy) is 1. The van der Waals surface area contributed by atoms with E-state index in [9.17, 15) is 0 Å². The minimum absolute atomic E-state index is 0.406. The van der Waals surface area contributed by atoms with E-state index < -0.39 is 0 Å². The van der Waals surface area contributed by atoms with Crippen molar-refractivity contribution in [2.75, 3.05) is 31.2 Å². The molecular weight excluding hydrogens is 342 g/mol. The molecule has 2 aromatic carbocycles. The Labute approximate surface area is 161 Å². The van der Waals surface area contributed by atoms with Crippen LogP contribution < -0.4 is 16.2 Å². The fraction of sp³-hybridized carbons (Fsp3) is 0.429. The summed E-state index contributed by atoms with van der Waals surface area (Å²) in [4.78, 5) is 4.69. The minimum atomic E-state index is 0.406. The summed E-state index contributed by atoms with van der Waals surface area (Å²) in [5.74, 6) is 0.901. The predicted molar refractivity (Wildman–Crippen MR) is 113 cm³/mol. The van der Waals surface area contributed by atoms with Crippen LogP contribution >= 0.6 is 11.8 Å². The summed E-state index contributed by atoms with van der Waals surface area (Å²) in [6.07, 6.45) is 2.34. The number of anilines is 2. The highest BCUT2D eigenvalue weighted by atomic mass is 32.2. The van der Waals surface area contributed by atoms with E-state index in [1.165, 1.54) is 12.8 Å². The Hall–Kier alpha value is -1.85. The molecule has 2 aromatic rings. The third kappa shape index (κ3) is 6.15. The van der Waals surface area contributed by atoms with Crippen molar-refractivity contribution in [1.29, 1.82) is 0 Å². The first-order valence-corrected chi connectivity index (χ1v) is 10.1. The zero-order valence-electron chi connectivity index (χ0n) is 16.1. The lowest BCUT2D eigenvalue weighted by molar-refractivity contribution is 0.146. The standard InChI is InChI=1S/C21H31N3OS/c1-4-11-24(12-5-2)16(3)15-25-17-7-6-8-18(13-17)26-19-9-10-20(22)21(23)14-19/h6-10,13-14,16H,4-5,11-12,15,22-23H2,1-3H3. The lowest BCUT2D eigenvalue weighted by atomic mass is 10.2. The molecule has 0 aliphatic carbocycles. The van der Waals surface area contributed by atoms with Crippen LogP contribution in [0.5, 0.6) is 5.75 Å². The quantitative estimate of drug-likeness (QED) is 0.580. The fourth-order valence-corrected chi connectivity index (χ4v) is 3.74. The average Bonchev–Trinajstić information content (AvgIpc) is 2.63. The van der Waals surface area contributed by atoms with E-state index in [1.807, 2.05) is 30.3 Å². The summed E-state index contributed by atoms with van der Waals surface area (Å²) in [6.45, 7) is 9.62. The first kappa shape index (κ1) is 20.5. The highest BCUT2D eigenvalue weighted by molar-refractivity contribution is 7.99. The molecule has 0 aromatic heterocycles. The van der Waals surface area contributed by atoms with Gasteiger partial charge in [-0.3, -0.25) is 4.90 Å². The Morgan fingerprint density at radius 1 is 0.962 bits per heavy atom. The van der Waals surface area contributed by atoms with Crippen LogP contribution in [0, 0.1) is 0 Å². The van der Waals surface area contributed by atoms with Gasteiger partial charge in [-0.25, -0.2) is 0 Å². The van der Waals surface area contributed by atoms with E-state index >= 15 is 0 Å². The zero-order chi connectivity index (χ0) is 18.9. The Bertz CT molecular complexity index is 687. The van der Waals surface area contributed by atoms with Gasteiger partial charge in [0.25, 0.3) is 0 Å².